The molecule has 1 unspecified atom stereocenters. The van der Waals surface area contributed by atoms with Crippen molar-refractivity contribution in [1.82, 2.24) is 9.80 Å². The Morgan fingerprint density at radius 1 is 1.44 bits per heavy atom. The Morgan fingerprint density at radius 2 is 2.17 bits per heavy atom. The van der Waals surface area contributed by atoms with E-state index >= 15 is 0 Å². The first kappa shape index (κ1) is 12.9. The third kappa shape index (κ3) is 3.23. The van der Waals surface area contributed by atoms with Crippen LogP contribution in [0.25, 0.3) is 0 Å². The van der Waals surface area contributed by atoms with Crippen molar-refractivity contribution in [2.24, 2.45) is 10.7 Å². The van der Waals surface area contributed by atoms with Crippen LogP contribution in [0, 0.1) is 0 Å². The number of rotatable bonds is 3. The summed E-state index contributed by atoms with van der Waals surface area (Å²) in [6.07, 6.45) is 1.16. The van der Waals surface area contributed by atoms with Crippen LogP contribution in [-0.2, 0) is 6.54 Å². The molecule has 1 fully saturated rings. The first-order valence-corrected chi connectivity index (χ1v) is 6.42. The maximum atomic E-state index is 6.05. The fourth-order valence-corrected chi connectivity index (χ4v) is 2.28. The van der Waals surface area contributed by atoms with E-state index in [0.29, 0.717) is 18.5 Å². The third-order valence-corrected chi connectivity index (χ3v) is 3.54. The molecule has 1 aromatic rings. The van der Waals surface area contributed by atoms with Crippen LogP contribution in [0.1, 0.15) is 12.0 Å². The lowest BCUT2D eigenvalue weighted by Crippen LogP contribution is -2.43. The number of likely N-dealkylation sites (N-methyl/N-ethyl adjacent to an activating group) is 2. The molecular weight excluding hydrogens is 224 g/mol. The molecular formula is C14H22N4. The second kappa shape index (κ2) is 5.87. The molecule has 4 heteroatoms. The molecule has 18 heavy (non-hydrogen) atoms. The van der Waals surface area contributed by atoms with Crippen LogP contribution in [0.5, 0.6) is 0 Å². The Bertz CT molecular complexity index is 402. The summed E-state index contributed by atoms with van der Waals surface area (Å²) >= 11 is 0. The first-order valence-electron chi connectivity index (χ1n) is 6.42. The van der Waals surface area contributed by atoms with E-state index in [2.05, 4.69) is 34.0 Å². The molecule has 1 aliphatic rings. The van der Waals surface area contributed by atoms with Gasteiger partial charge in [0.1, 0.15) is 0 Å². The van der Waals surface area contributed by atoms with Crippen LogP contribution in [-0.4, -0.2) is 49.0 Å². The summed E-state index contributed by atoms with van der Waals surface area (Å²) in [6, 6.07) is 10.7. The van der Waals surface area contributed by atoms with E-state index in [0.717, 1.165) is 19.5 Å². The molecule has 0 radical (unpaired) electrons. The van der Waals surface area contributed by atoms with Gasteiger partial charge in [-0.05, 0) is 25.6 Å². The number of guanidine groups is 1. The van der Waals surface area contributed by atoms with Gasteiger partial charge in [-0.2, -0.15) is 0 Å². The van der Waals surface area contributed by atoms with Gasteiger partial charge >= 0.3 is 0 Å². The van der Waals surface area contributed by atoms with E-state index in [1.54, 1.807) is 0 Å². The molecule has 2 N–H and O–H groups in total. The summed E-state index contributed by atoms with van der Waals surface area (Å²) < 4.78 is 0. The van der Waals surface area contributed by atoms with Crippen molar-refractivity contribution >= 4 is 5.96 Å². The molecule has 0 amide bonds. The molecule has 1 atom stereocenters. The zero-order valence-electron chi connectivity index (χ0n) is 11.2. The monoisotopic (exact) mass is 246 g/mol. The van der Waals surface area contributed by atoms with Crippen LogP contribution in [0.15, 0.2) is 35.3 Å². The molecule has 4 nitrogen and oxygen atoms in total. The zero-order valence-corrected chi connectivity index (χ0v) is 11.2. The minimum atomic E-state index is 0.495. The van der Waals surface area contributed by atoms with Crippen LogP contribution < -0.4 is 5.73 Å². The van der Waals surface area contributed by atoms with Crippen LogP contribution in [0.4, 0.5) is 0 Å². The number of benzene rings is 1. The lowest BCUT2D eigenvalue weighted by atomic mass is 10.2. The summed E-state index contributed by atoms with van der Waals surface area (Å²) in [5.41, 5.74) is 7.24. The number of nitrogens with two attached hydrogens (primary N) is 1. The quantitative estimate of drug-likeness (QED) is 0.642. The lowest BCUT2D eigenvalue weighted by Gasteiger charge is -2.25. The van der Waals surface area contributed by atoms with E-state index in [4.69, 9.17) is 5.73 Å². The van der Waals surface area contributed by atoms with E-state index in [9.17, 15) is 0 Å². The smallest absolute Gasteiger partial charge is 0.191 e. The van der Waals surface area contributed by atoms with Crippen molar-refractivity contribution in [3.05, 3.63) is 35.9 Å². The third-order valence-electron chi connectivity index (χ3n) is 3.54. The molecule has 98 valence electrons. The van der Waals surface area contributed by atoms with Crippen LogP contribution in [0.2, 0.25) is 0 Å². The Balaban J connectivity index is 1.92. The SMILES string of the molecule is CN1CCC(N(C)C(N)=NCc2ccccc2)C1. The molecule has 0 spiro atoms. The number of hydrogen-bond acceptors (Lipinski definition) is 2. The number of aliphatic imine (C=N–C) groups is 1. The predicted octanol–water partition coefficient (Wildman–Crippen LogP) is 1.14. The van der Waals surface area contributed by atoms with Gasteiger partial charge in [0.2, 0.25) is 0 Å². The van der Waals surface area contributed by atoms with Gasteiger partial charge in [-0.3, -0.25) is 0 Å². The van der Waals surface area contributed by atoms with Gasteiger partial charge in [-0.25, -0.2) is 4.99 Å². The van der Waals surface area contributed by atoms with E-state index < -0.39 is 0 Å². The minimum Gasteiger partial charge on any atom is -0.370 e. The van der Waals surface area contributed by atoms with Gasteiger partial charge in [-0.15, -0.1) is 0 Å². The Morgan fingerprint density at radius 3 is 2.78 bits per heavy atom. The van der Waals surface area contributed by atoms with Gasteiger partial charge in [-0.1, -0.05) is 30.3 Å². The number of nitrogens with zero attached hydrogens (tertiary/aromatic N) is 3. The van der Waals surface area contributed by atoms with Crippen LogP contribution >= 0.6 is 0 Å². The van der Waals surface area contributed by atoms with Crippen molar-refractivity contribution in [2.75, 3.05) is 27.2 Å². The predicted molar refractivity (Wildman–Crippen MR) is 75.4 cm³/mol. The molecule has 1 heterocycles. The van der Waals surface area contributed by atoms with Gasteiger partial charge in [0.15, 0.2) is 5.96 Å². The average Bonchev–Trinajstić information content (AvgIpc) is 2.83. The number of hydrogen-bond donors (Lipinski definition) is 1. The van der Waals surface area contributed by atoms with Gasteiger partial charge in [0.05, 0.1) is 6.54 Å². The highest BCUT2D eigenvalue weighted by Crippen LogP contribution is 2.12. The fourth-order valence-electron chi connectivity index (χ4n) is 2.28. The second-order valence-corrected chi connectivity index (χ2v) is 4.98. The average molecular weight is 246 g/mol. The van der Waals surface area contributed by atoms with Crippen molar-refractivity contribution in [3.8, 4) is 0 Å². The maximum Gasteiger partial charge on any atom is 0.191 e. The number of likely N-dealkylation sites (tertiary alicyclic amines) is 1. The van der Waals surface area contributed by atoms with Gasteiger partial charge in [0, 0.05) is 19.6 Å². The molecule has 0 aliphatic carbocycles. The van der Waals surface area contributed by atoms with Crippen molar-refractivity contribution in [2.45, 2.75) is 19.0 Å². The molecule has 1 aromatic carbocycles. The lowest BCUT2D eigenvalue weighted by molar-refractivity contribution is 0.339. The minimum absolute atomic E-state index is 0.495. The van der Waals surface area contributed by atoms with Gasteiger partial charge in [0.25, 0.3) is 0 Å². The second-order valence-electron chi connectivity index (χ2n) is 4.98. The summed E-state index contributed by atoms with van der Waals surface area (Å²) in [5, 5.41) is 0. The van der Waals surface area contributed by atoms with E-state index in [-0.39, 0.29) is 0 Å². The first-order chi connectivity index (χ1) is 8.66. The van der Waals surface area contributed by atoms with Crippen LogP contribution in [0.3, 0.4) is 0 Å². The normalized spacial score (nSPS) is 21.2. The Hall–Kier alpha value is -1.55. The Kier molecular flexibility index (Phi) is 4.20. The largest absolute Gasteiger partial charge is 0.370 e. The summed E-state index contributed by atoms with van der Waals surface area (Å²) in [4.78, 5) is 8.89. The zero-order chi connectivity index (χ0) is 13.0. The highest BCUT2D eigenvalue weighted by molar-refractivity contribution is 5.78. The van der Waals surface area contributed by atoms with Gasteiger partial charge < -0.3 is 15.5 Å². The highest BCUT2D eigenvalue weighted by Gasteiger charge is 2.24. The molecule has 1 saturated heterocycles. The maximum absolute atomic E-state index is 6.05. The Labute approximate surface area is 109 Å². The topological polar surface area (TPSA) is 44.9 Å². The van der Waals surface area contributed by atoms with Crippen molar-refractivity contribution < 1.29 is 0 Å². The highest BCUT2D eigenvalue weighted by atomic mass is 15.3. The molecule has 1 aliphatic heterocycles. The molecule has 2 rings (SSSR count). The standard InChI is InChI=1S/C14H22N4/c1-17-9-8-13(11-17)18(2)14(15)16-10-12-6-4-3-5-7-12/h3-7,13H,8-11H2,1-2H3,(H2,15,16). The molecule has 0 bridgehead atoms. The van der Waals surface area contributed by atoms with E-state index in [1.807, 2.05) is 25.2 Å². The molecule has 0 saturated carbocycles. The summed E-state index contributed by atoms with van der Waals surface area (Å²) in [6.45, 7) is 2.86. The fraction of sp³-hybridized carbons (Fsp3) is 0.500. The summed E-state index contributed by atoms with van der Waals surface area (Å²) in [5.74, 6) is 0.638. The molecule has 0 aromatic heterocycles. The van der Waals surface area contributed by atoms with E-state index in [1.165, 1.54) is 5.56 Å². The van der Waals surface area contributed by atoms with Crippen molar-refractivity contribution in [1.29, 1.82) is 0 Å². The summed E-state index contributed by atoms with van der Waals surface area (Å²) in [7, 11) is 4.18. The van der Waals surface area contributed by atoms with Crippen molar-refractivity contribution in [3.63, 3.8) is 0 Å².